The van der Waals surface area contributed by atoms with Crippen molar-refractivity contribution in [2.24, 2.45) is 0 Å². The minimum Gasteiger partial charge on any atom is -0.334 e. The van der Waals surface area contributed by atoms with E-state index in [1.165, 1.54) is 5.56 Å². The Morgan fingerprint density at radius 3 is 3.17 bits per heavy atom. The van der Waals surface area contributed by atoms with Gasteiger partial charge in [0.15, 0.2) is 0 Å². The molecule has 3 rings (SSSR count). The molecule has 3 heterocycles. The normalized spacial score (nSPS) is 15.6. The van der Waals surface area contributed by atoms with E-state index in [4.69, 9.17) is 0 Å². The van der Waals surface area contributed by atoms with Gasteiger partial charge in [-0.25, -0.2) is 15.0 Å². The van der Waals surface area contributed by atoms with E-state index in [0.29, 0.717) is 0 Å². The molecule has 18 heavy (non-hydrogen) atoms. The first-order valence-corrected chi connectivity index (χ1v) is 6.37. The Bertz CT molecular complexity index is 534. The molecule has 0 spiro atoms. The van der Waals surface area contributed by atoms with Gasteiger partial charge >= 0.3 is 0 Å². The molecule has 0 radical (unpaired) electrons. The molecule has 0 saturated heterocycles. The SMILES string of the molecule is CCn1ccnc1CN1CCc2cncnc2C1. The smallest absolute Gasteiger partial charge is 0.122 e. The summed E-state index contributed by atoms with van der Waals surface area (Å²) in [4.78, 5) is 15.3. The molecule has 0 aromatic carbocycles. The van der Waals surface area contributed by atoms with Gasteiger partial charge in [-0.05, 0) is 18.9 Å². The molecular weight excluding hydrogens is 226 g/mol. The molecule has 94 valence electrons. The predicted molar refractivity (Wildman–Crippen MR) is 67.8 cm³/mol. The van der Waals surface area contributed by atoms with Crippen LogP contribution in [0.3, 0.4) is 0 Å². The second-order valence-corrected chi connectivity index (χ2v) is 4.58. The fraction of sp³-hybridized carbons (Fsp3) is 0.462. The summed E-state index contributed by atoms with van der Waals surface area (Å²) in [5.41, 5.74) is 2.44. The standard InChI is InChI=1S/C13H17N5/c1-2-18-6-4-15-13(18)9-17-5-3-11-7-14-10-16-12(11)8-17/h4,6-7,10H,2-3,5,8-9H2,1H3. The Morgan fingerprint density at radius 2 is 2.28 bits per heavy atom. The van der Waals surface area contributed by atoms with Crippen LogP contribution in [0.1, 0.15) is 24.0 Å². The number of aromatic nitrogens is 4. The fourth-order valence-electron chi connectivity index (χ4n) is 2.42. The molecule has 2 aromatic heterocycles. The summed E-state index contributed by atoms with van der Waals surface area (Å²) in [5, 5.41) is 0. The van der Waals surface area contributed by atoms with Gasteiger partial charge in [0.2, 0.25) is 0 Å². The molecule has 0 bridgehead atoms. The summed E-state index contributed by atoms with van der Waals surface area (Å²) in [5.74, 6) is 1.13. The third kappa shape index (κ3) is 2.13. The van der Waals surface area contributed by atoms with Crippen molar-refractivity contribution in [3.8, 4) is 0 Å². The maximum Gasteiger partial charge on any atom is 0.122 e. The number of hydrogen-bond donors (Lipinski definition) is 0. The number of nitrogens with zero attached hydrogens (tertiary/aromatic N) is 5. The Labute approximate surface area is 107 Å². The van der Waals surface area contributed by atoms with Gasteiger partial charge in [0.05, 0.1) is 12.2 Å². The number of aryl methyl sites for hydroxylation is 1. The molecule has 5 heteroatoms. The number of imidazole rings is 1. The highest BCUT2D eigenvalue weighted by atomic mass is 15.2. The molecule has 0 unspecified atom stereocenters. The van der Waals surface area contributed by atoms with Crippen LogP contribution in [0.4, 0.5) is 0 Å². The number of rotatable bonds is 3. The summed E-state index contributed by atoms with van der Waals surface area (Å²) < 4.78 is 2.19. The number of fused-ring (bicyclic) bond motifs is 1. The highest BCUT2D eigenvalue weighted by molar-refractivity contribution is 5.18. The molecule has 5 nitrogen and oxygen atoms in total. The van der Waals surface area contributed by atoms with Crippen molar-refractivity contribution in [2.45, 2.75) is 33.0 Å². The largest absolute Gasteiger partial charge is 0.334 e. The van der Waals surface area contributed by atoms with Gasteiger partial charge in [0, 0.05) is 38.2 Å². The lowest BCUT2D eigenvalue weighted by molar-refractivity contribution is 0.232. The second-order valence-electron chi connectivity index (χ2n) is 4.58. The first-order chi connectivity index (χ1) is 8.86. The van der Waals surface area contributed by atoms with Crippen LogP contribution in [0, 0.1) is 0 Å². The third-order valence-electron chi connectivity index (χ3n) is 3.46. The molecular formula is C13H17N5. The summed E-state index contributed by atoms with van der Waals surface area (Å²) in [6, 6.07) is 0. The molecule has 0 atom stereocenters. The van der Waals surface area contributed by atoms with Gasteiger partial charge in [-0.15, -0.1) is 0 Å². The van der Waals surface area contributed by atoms with E-state index in [9.17, 15) is 0 Å². The lowest BCUT2D eigenvalue weighted by Crippen LogP contribution is -2.31. The maximum atomic E-state index is 4.43. The monoisotopic (exact) mass is 243 g/mol. The average Bonchev–Trinajstić information content (AvgIpc) is 2.86. The lowest BCUT2D eigenvalue weighted by Gasteiger charge is -2.27. The van der Waals surface area contributed by atoms with E-state index < -0.39 is 0 Å². The molecule has 0 fully saturated rings. The molecule has 1 aliphatic rings. The van der Waals surface area contributed by atoms with Gasteiger partial charge in [-0.1, -0.05) is 0 Å². The van der Waals surface area contributed by atoms with Crippen molar-refractivity contribution in [3.05, 3.63) is 42.0 Å². The van der Waals surface area contributed by atoms with Crippen LogP contribution < -0.4 is 0 Å². The molecule has 2 aromatic rings. The van der Waals surface area contributed by atoms with E-state index in [0.717, 1.165) is 44.1 Å². The van der Waals surface area contributed by atoms with Crippen molar-refractivity contribution < 1.29 is 0 Å². The zero-order chi connectivity index (χ0) is 12.4. The highest BCUT2D eigenvalue weighted by Gasteiger charge is 2.18. The summed E-state index contributed by atoms with van der Waals surface area (Å²) in [6.45, 7) is 5.96. The van der Waals surface area contributed by atoms with Crippen LogP contribution >= 0.6 is 0 Å². The van der Waals surface area contributed by atoms with Crippen LogP contribution in [-0.2, 0) is 26.1 Å². The van der Waals surface area contributed by atoms with Crippen molar-refractivity contribution in [1.82, 2.24) is 24.4 Å². The molecule has 0 aliphatic carbocycles. The first kappa shape index (κ1) is 11.3. The minimum absolute atomic E-state index is 0.893. The fourth-order valence-corrected chi connectivity index (χ4v) is 2.42. The molecule has 1 aliphatic heterocycles. The second kappa shape index (κ2) is 4.86. The van der Waals surface area contributed by atoms with Gasteiger partial charge in [0.1, 0.15) is 12.2 Å². The van der Waals surface area contributed by atoms with Crippen LogP contribution in [-0.4, -0.2) is 31.0 Å². The Balaban J connectivity index is 1.73. The van der Waals surface area contributed by atoms with Gasteiger partial charge < -0.3 is 4.57 Å². The van der Waals surface area contributed by atoms with Crippen molar-refractivity contribution in [2.75, 3.05) is 6.54 Å². The van der Waals surface area contributed by atoms with E-state index in [2.05, 4.69) is 31.3 Å². The Morgan fingerprint density at radius 1 is 1.33 bits per heavy atom. The van der Waals surface area contributed by atoms with Gasteiger partial charge in [-0.2, -0.15) is 0 Å². The van der Waals surface area contributed by atoms with Crippen LogP contribution in [0.15, 0.2) is 24.9 Å². The molecule has 0 amide bonds. The minimum atomic E-state index is 0.893. The van der Waals surface area contributed by atoms with Crippen molar-refractivity contribution >= 4 is 0 Å². The third-order valence-corrected chi connectivity index (χ3v) is 3.46. The predicted octanol–water partition coefficient (Wildman–Crippen LogP) is 1.25. The van der Waals surface area contributed by atoms with Gasteiger partial charge in [0.25, 0.3) is 0 Å². The average molecular weight is 243 g/mol. The van der Waals surface area contributed by atoms with Crippen LogP contribution in [0.25, 0.3) is 0 Å². The van der Waals surface area contributed by atoms with E-state index in [1.54, 1.807) is 6.33 Å². The first-order valence-electron chi connectivity index (χ1n) is 6.37. The van der Waals surface area contributed by atoms with Crippen LogP contribution in [0.2, 0.25) is 0 Å². The van der Waals surface area contributed by atoms with E-state index >= 15 is 0 Å². The van der Waals surface area contributed by atoms with E-state index in [1.807, 2.05) is 18.6 Å². The number of hydrogen-bond acceptors (Lipinski definition) is 4. The zero-order valence-corrected chi connectivity index (χ0v) is 10.6. The Kier molecular flexibility index (Phi) is 3.06. The zero-order valence-electron chi connectivity index (χ0n) is 10.6. The maximum absolute atomic E-state index is 4.43. The lowest BCUT2D eigenvalue weighted by atomic mass is 10.1. The van der Waals surface area contributed by atoms with Gasteiger partial charge in [-0.3, -0.25) is 4.90 Å². The van der Waals surface area contributed by atoms with Crippen molar-refractivity contribution in [1.29, 1.82) is 0 Å². The molecule has 0 saturated carbocycles. The van der Waals surface area contributed by atoms with E-state index in [-0.39, 0.29) is 0 Å². The quantitative estimate of drug-likeness (QED) is 0.814. The van der Waals surface area contributed by atoms with Crippen molar-refractivity contribution in [3.63, 3.8) is 0 Å². The summed E-state index contributed by atoms with van der Waals surface area (Å²) >= 11 is 0. The summed E-state index contributed by atoms with van der Waals surface area (Å²) in [6.07, 6.45) is 8.51. The highest BCUT2D eigenvalue weighted by Crippen LogP contribution is 2.17. The molecule has 0 N–H and O–H groups in total. The topological polar surface area (TPSA) is 46.8 Å². The summed E-state index contributed by atoms with van der Waals surface area (Å²) in [7, 11) is 0. The van der Waals surface area contributed by atoms with Crippen LogP contribution in [0.5, 0.6) is 0 Å². The Hall–Kier alpha value is -1.75.